The zero-order valence-electron chi connectivity index (χ0n) is 11.6. The van der Waals surface area contributed by atoms with Crippen molar-refractivity contribution in [1.82, 2.24) is 10.4 Å². The molecule has 2 atom stereocenters. The predicted octanol–water partition coefficient (Wildman–Crippen LogP) is 2.94. The summed E-state index contributed by atoms with van der Waals surface area (Å²) in [5, 5.41) is 1.58. The molecule has 1 amide bonds. The highest BCUT2D eigenvalue weighted by molar-refractivity contribution is 5.68. The molecule has 0 aromatic heterocycles. The van der Waals surface area contributed by atoms with Gasteiger partial charge in [-0.3, -0.25) is 0 Å². The molecule has 16 heavy (non-hydrogen) atoms. The number of amides is 1. The number of carbonyl (C=O) groups excluding carboxylic acids is 1. The van der Waals surface area contributed by atoms with Crippen LogP contribution in [0.3, 0.4) is 0 Å². The van der Waals surface area contributed by atoms with Crippen molar-refractivity contribution in [3.8, 4) is 0 Å². The first kappa shape index (κ1) is 15.2. The molecule has 1 aliphatic heterocycles. The Kier molecular flexibility index (Phi) is 5.79. The van der Waals surface area contributed by atoms with Crippen LogP contribution in [-0.4, -0.2) is 28.8 Å². The first-order chi connectivity index (χ1) is 7.29. The Morgan fingerprint density at radius 2 is 1.81 bits per heavy atom. The van der Waals surface area contributed by atoms with E-state index in [1.165, 1.54) is 0 Å². The van der Waals surface area contributed by atoms with Gasteiger partial charge in [-0.15, -0.1) is 0 Å². The fraction of sp³-hybridized carbons (Fsp3) is 0.917. The van der Waals surface area contributed by atoms with Gasteiger partial charge in [-0.05, 0) is 41.0 Å². The summed E-state index contributed by atoms with van der Waals surface area (Å²) < 4.78 is 5.26. The standard InChI is InChI=1S/C10H20N2O2.C2H6/c1-7-6-8(2)12(11-7)9(13)14-10(3,4)5;1-2/h7-8,11H,6H2,1-5H3;1-2H3. The van der Waals surface area contributed by atoms with E-state index in [0.29, 0.717) is 6.04 Å². The van der Waals surface area contributed by atoms with Crippen molar-refractivity contribution in [3.05, 3.63) is 0 Å². The van der Waals surface area contributed by atoms with Gasteiger partial charge in [-0.1, -0.05) is 13.8 Å². The molecule has 1 fully saturated rings. The van der Waals surface area contributed by atoms with Gasteiger partial charge in [-0.2, -0.15) is 0 Å². The third-order valence-electron chi connectivity index (χ3n) is 2.09. The van der Waals surface area contributed by atoms with Crippen LogP contribution < -0.4 is 5.43 Å². The molecule has 1 heterocycles. The van der Waals surface area contributed by atoms with Crippen LogP contribution in [0.25, 0.3) is 0 Å². The minimum atomic E-state index is -0.426. The van der Waals surface area contributed by atoms with Gasteiger partial charge in [0.1, 0.15) is 5.60 Å². The Hall–Kier alpha value is -0.770. The van der Waals surface area contributed by atoms with Gasteiger partial charge in [0, 0.05) is 6.04 Å². The van der Waals surface area contributed by atoms with Crippen LogP contribution in [0.4, 0.5) is 4.79 Å². The van der Waals surface area contributed by atoms with Crippen molar-refractivity contribution in [1.29, 1.82) is 0 Å². The quantitative estimate of drug-likeness (QED) is 0.695. The number of carbonyl (C=O) groups is 1. The molecule has 0 aromatic rings. The Bertz CT molecular complexity index is 224. The fourth-order valence-corrected chi connectivity index (χ4v) is 1.58. The second-order valence-corrected chi connectivity index (χ2v) is 4.97. The van der Waals surface area contributed by atoms with Crippen molar-refractivity contribution in [2.45, 2.75) is 72.6 Å². The van der Waals surface area contributed by atoms with Gasteiger partial charge in [0.25, 0.3) is 0 Å². The molecular weight excluding hydrogens is 204 g/mol. The lowest BCUT2D eigenvalue weighted by atomic mass is 10.2. The van der Waals surface area contributed by atoms with Crippen molar-refractivity contribution in [3.63, 3.8) is 0 Å². The Balaban J connectivity index is 0.00000106. The number of hydrogen-bond acceptors (Lipinski definition) is 3. The molecule has 0 aromatic carbocycles. The zero-order valence-corrected chi connectivity index (χ0v) is 11.6. The van der Waals surface area contributed by atoms with E-state index in [4.69, 9.17) is 4.74 Å². The van der Waals surface area contributed by atoms with Gasteiger partial charge in [0.15, 0.2) is 0 Å². The summed E-state index contributed by atoms with van der Waals surface area (Å²) in [6, 6.07) is 0.553. The van der Waals surface area contributed by atoms with Gasteiger partial charge in [0.2, 0.25) is 0 Å². The van der Waals surface area contributed by atoms with Crippen LogP contribution in [0.2, 0.25) is 0 Å². The molecular formula is C12H26N2O2. The van der Waals surface area contributed by atoms with E-state index in [9.17, 15) is 4.79 Å². The van der Waals surface area contributed by atoms with E-state index >= 15 is 0 Å². The summed E-state index contributed by atoms with van der Waals surface area (Å²) in [6.45, 7) is 13.7. The van der Waals surface area contributed by atoms with E-state index in [1.54, 1.807) is 5.01 Å². The van der Waals surface area contributed by atoms with Crippen LogP contribution in [0.15, 0.2) is 0 Å². The summed E-state index contributed by atoms with van der Waals surface area (Å²) in [4.78, 5) is 11.7. The maximum atomic E-state index is 11.7. The Labute approximate surface area is 99.3 Å². The maximum Gasteiger partial charge on any atom is 0.425 e. The molecule has 4 nitrogen and oxygen atoms in total. The van der Waals surface area contributed by atoms with E-state index in [0.717, 1.165) is 6.42 Å². The molecule has 0 bridgehead atoms. The lowest BCUT2D eigenvalue weighted by Crippen LogP contribution is -2.45. The summed E-state index contributed by atoms with van der Waals surface area (Å²) in [7, 11) is 0. The first-order valence-corrected chi connectivity index (χ1v) is 6.08. The maximum absolute atomic E-state index is 11.7. The molecule has 1 N–H and O–H groups in total. The van der Waals surface area contributed by atoms with Crippen molar-refractivity contribution in [2.24, 2.45) is 0 Å². The number of hydrazine groups is 1. The minimum Gasteiger partial charge on any atom is -0.443 e. The monoisotopic (exact) mass is 230 g/mol. The second-order valence-electron chi connectivity index (χ2n) is 4.97. The van der Waals surface area contributed by atoms with Gasteiger partial charge >= 0.3 is 6.09 Å². The highest BCUT2D eigenvalue weighted by Gasteiger charge is 2.32. The lowest BCUT2D eigenvalue weighted by molar-refractivity contribution is 0.0131. The molecule has 0 radical (unpaired) electrons. The van der Waals surface area contributed by atoms with E-state index in [-0.39, 0.29) is 12.1 Å². The Morgan fingerprint density at radius 3 is 2.12 bits per heavy atom. The third kappa shape index (κ3) is 4.84. The largest absolute Gasteiger partial charge is 0.443 e. The van der Waals surface area contributed by atoms with Crippen LogP contribution >= 0.6 is 0 Å². The summed E-state index contributed by atoms with van der Waals surface area (Å²) in [6.07, 6.45) is 0.688. The highest BCUT2D eigenvalue weighted by Crippen LogP contribution is 2.17. The average Bonchev–Trinajstić information content (AvgIpc) is 2.46. The van der Waals surface area contributed by atoms with E-state index in [1.807, 2.05) is 41.5 Å². The number of hydrogen-bond donors (Lipinski definition) is 1. The summed E-state index contributed by atoms with van der Waals surface area (Å²) in [5.41, 5.74) is 2.66. The minimum absolute atomic E-state index is 0.208. The topological polar surface area (TPSA) is 41.6 Å². The second kappa shape index (κ2) is 6.09. The van der Waals surface area contributed by atoms with Crippen LogP contribution in [0.1, 0.15) is 54.9 Å². The summed E-state index contributed by atoms with van der Waals surface area (Å²) >= 11 is 0. The molecule has 96 valence electrons. The number of rotatable bonds is 0. The van der Waals surface area contributed by atoms with Crippen LogP contribution in [0, 0.1) is 0 Å². The van der Waals surface area contributed by atoms with Gasteiger partial charge in [-0.25, -0.2) is 15.2 Å². The normalized spacial score (nSPS) is 24.8. The molecule has 2 unspecified atom stereocenters. The Morgan fingerprint density at radius 1 is 1.31 bits per heavy atom. The molecule has 0 saturated carbocycles. The molecule has 4 heteroatoms. The first-order valence-electron chi connectivity index (χ1n) is 6.08. The predicted molar refractivity (Wildman–Crippen MR) is 66.1 cm³/mol. The van der Waals surface area contributed by atoms with E-state index < -0.39 is 5.60 Å². The fourth-order valence-electron chi connectivity index (χ4n) is 1.58. The molecule has 1 saturated heterocycles. The summed E-state index contributed by atoms with van der Waals surface area (Å²) in [5.74, 6) is 0. The van der Waals surface area contributed by atoms with Crippen molar-refractivity contribution in [2.75, 3.05) is 0 Å². The van der Waals surface area contributed by atoms with Crippen LogP contribution in [0.5, 0.6) is 0 Å². The SMILES string of the molecule is CC.CC1CC(C)N(C(=O)OC(C)(C)C)N1. The molecule has 0 spiro atoms. The van der Waals surface area contributed by atoms with Crippen molar-refractivity contribution < 1.29 is 9.53 Å². The number of nitrogens with one attached hydrogen (secondary N) is 1. The van der Waals surface area contributed by atoms with Gasteiger partial charge in [0.05, 0.1) is 6.04 Å². The zero-order chi connectivity index (χ0) is 12.9. The third-order valence-corrected chi connectivity index (χ3v) is 2.09. The van der Waals surface area contributed by atoms with Gasteiger partial charge < -0.3 is 4.74 Å². The number of ether oxygens (including phenoxy) is 1. The van der Waals surface area contributed by atoms with Crippen molar-refractivity contribution >= 4 is 6.09 Å². The lowest BCUT2D eigenvalue weighted by Gasteiger charge is -2.26. The van der Waals surface area contributed by atoms with Crippen LogP contribution in [-0.2, 0) is 4.74 Å². The highest BCUT2D eigenvalue weighted by atomic mass is 16.6. The number of nitrogens with zero attached hydrogens (tertiary/aromatic N) is 1. The average molecular weight is 230 g/mol. The van der Waals surface area contributed by atoms with E-state index in [2.05, 4.69) is 12.3 Å². The molecule has 0 aliphatic carbocycles. The molecule has 1 rings (SSSR count). The molecule has 1 aliphatic rings. The smallest absolute Gasteiger partial charge is 0.425 e.